The van der Waals surface area contributed by atoms with E-state index in [2.05, 4.69) is 6.92 Å². The number of aliphatic carboxylic acids is 1. The monoisotopic (exact) mass is 352 g/mol. The Morgan fingerprint density at radius 3 is 2.20 bits per heavy atom. The van der Waals surface area contributed by atoms with Crippen LogP contribution >= 0.6 is 0 Å². The van der Waals surface area contributed by atoms with Crippen molar-refractivity contribution in [1.82, 2.24) is 0 Å². The van der Waals surface area contributed by atoms with Gasteiger partial charge in [-0.05, 0) is 65.0 Å². The van der Waals surface area contributed by atoms with Gasteiger partial charge in [-0.3, -0.25) is 9.00 Å². The van der Waals surface area contributed by atoms with E-state index in [4.69, 9.17) is 0 Å². The first-order valence-corrected chi connectivity index (χ1v) is 9.62. The van der Waals surface area contributed by atoms with Crippen LogP contribution in [0.15, 0.2) is 59.0 Å². The fraction of sp³-hybridized carbons (Fsp3) is 0.190. The van der Waals surface area contributed by atoms with Crippen molar-refractivity contribution in [1.29, 1.82) is 0 Å². The Morgan fingerprint density at radius 2 is 1.64 bits per heavy atom. The lowest BCUT2D eigenvalue weighted by molar-refractivity contribution is -0.135. The number of allylic oxidation sites excluding steroid dienone is 3. The largest absolute Gasteiger partial charge is 0.481 e. The predicted octanol–water partition coefficient (Wildman–Crippen LogP) is 4.62. The molecule has 0 fully saturated rings. The van der Waals surface area contributed by atoms with Gasteiger partial charge in [-0.1, -0.05) is 36.4 Å². The molecule has 1 aliphatic carbocycles. The molecule has 1 N–H and O–H groups in total. The Hall–Kier alpha value is -2.46. The van der Waals surface area contributed by atoms with Crippen LogP contribution in [-0.4, -0.2) is 21.5 Å². The molecule has 1 unspecified atom stereocenters. The molecule has 3 nitrogen and oxygen atoms in total. The Balaban J connectivity index is 2.16. The molecule has 0 saturated carbocycles. The summed E-state index contributed by atoms with van der Waals surface area (Å²) in [5, 5.41) is 9.26. The molecule has 0 spiro atoms. The maximum atomic E-state index is 11.6. The third-order valence-electron chi connectivity index (χ3n) is 4.67. The van der Waals surface area contributed by atoms with E-state index in [0.29, 0.717) is 0 Å². The zero-order valence-corrected chi connectivity index (χ0v) is 15.3. The number of hydrogen-bond acceptors (Lipinski definition) is 2. The quantitative estimate of drug-likeness (QED) is 0.874. The normalized spacial score (nSPS) is 16.6. The highest BCUT2D eigenvalue weighted by Gasteiger charge is 2.26. The SMILES string of the molecule is CC1=C(CC(=O)O)c2ccccc2/C1=C(/C)c1ccc(S(C)=O)cc1. The summed E-state index contributed by atoms with van der Waals surface area (Å²) >= 11 is 0. The van der Waals surface area contributed by atoms with Crippen molar-refractivity contribution in [3.63, 3.8) is 0 Å². The van der Waals surface area contributed by atoms with Gasteiger partial charge < -0.3 is 5.11 Å². The molecule has 0 amide bonds. The molecule has 0 saturated heterocycles. The van der Waals surface area contributed by atoms with Crippen LogP contribution in [0.1, 0.15) is 37.0 Å². The fourth-order valence-corrected chi connectivity index (χ4v) is 3.94. The van der Waals surface area contributed by atoms with E-state index >= 15 is 0 Å². The molecule has 0 radical (unpaired) electrons. The van der Waals surface area contributed by atoms with Gasteiger partial charge in [-0.25, -0.2) is 0 Å². The summed E-state index contributed by atoms with van der Waals surface area (Å²) in [4.78, 5) is 12.1. The first kappa shape index (κ1) is 17.4. The lowest BCUT2D eigenvalue weighted by Crippen LogP contribution is -1.96. The third-order valence-corrected chi connectivity index (χ3v) is 5.61. The number of carboxylic acid groups (broad SMARTS) is 1. The minimum absolute atomic E-state index is 0.0212. The molecule has 2 aromatic rings. The third kappa shape index (κ3) is 3.22. The fourth-order valence-electron chi connectivity index (χ4n) is 3.42. The number of fused-ring (bicyclic) bond motifs is 1. The van der Waals surface area contributed by atoms with Crippen LogP contribution in [-0.2, 0) is 15.6 Å². The Bertz CT molecular complexity index is 934. The van der Waals surface area contributed by atoms with Crippen molar-refractivity contribution in [2.45, 2.75) is 25.2 Å². The number of carboxylic acids is 1. The summed E-state index contributed by atoms with van der Waals surface area (Å²) in [6.45, 7) is 4.05. The molecule has 1 aliphatic rings. The average molecular weight is 352 g/mol. The molecule has 0 aliphatic heterocycles. The molecule has 0 aromatic heterocycles. The van der Waals surface area contributed by atoms with Crippen molar-refractivity contribution in [2.75, 3.05) is 6.26 Å². The Morgan fingerprint density at radius 1 is 1.04 bits per heavy atom. The van der Waals surface area contributed by atoms with Crippen LogP contribution in [0, 0.1) is 0 Å². The summed E-state index contributed by atoms with van der Waals surface area (Å²) in [6, 6.07) is 15.7. The second kappa shape index (κ2) is 6.81. The molecule has 128 valence electrons. The van der Waals surface area contributed by atoms with E-state index in [1.54, 1.807) is 6.26 Å². The van der Waals surface area contributed by atoms with Crippen LogP contribution in [0.2, 0.25) is 0 Å². The summed E-state index contributed by atoms with van der Waals surface area (Å²) in [6.07, 6.45) is 1.69. The van der Waals surface area contributed by atoms with Crippen LogP contribution < -0.4 is 0 Å². The average Bonchev–Trinajstić information content (AvgIpc) is 2.86. The molecular formula is C21H20O3S. The number of hydrogen-bond donors (Lipinski definition) is 1. The molecular weight excluding hydrogens is 332 g/mol. The minimum Gasteiger partial charge on any atom is -0.481 e. The molecule has 25 heavy (non-hydrogen) atoms. The van der Waals surface area contributed by atoms with Gasteiger partial charge >= 0.3 is 5.97 Å². The maximum Gasteiger partial charge on any atom is 0.307 e. The summed E-state index contributed by atoms with van der Waals surface area (Å²) < 4.78 is 11.6. The van der Waals surface area contributed by atoms with Crippen molar-refractivity contribution < 1.29 is 14.1 Å². The molecule has 0 heterocycles. The molecule has 0 bridgehead atoms. The molecule has 3 rings (SSSR count). The lowest BCUT2D eigenvalue weighted by Gasteiger charge is -2.11. The van der Waals surface area contributed by atoms with Crippen molar-refractivity contribution >= 4 is 33.5 Å². The van der Waals surface area contributed by atoms with Gasteiger partial charge in [0.15, 0.2) is 0 Å². The standard InChI is InChI=1S/C21H20O3S/c1-13(15-8-10-16(11-9-15)25(3)24)21-14(2)19(12-20(22)23)17-6-4-5-7-18(17)21/h4-11H,12H2,1-3H3,(H,22,23)/b21-13-. The van der Waals surface area contributed by atoms with Gasteiger partial charge in [0.1, 0.15) is 0 Å². The van der Waals surface area contributed by atoms with Crippen LogP contribution in [0.25, 0.3) is 16.7 Å². The second-order valence-electron chi connectivity index (χ2n) is 6.20. The summed E-state index contributed by atoms with van der Waals surface area (Å²) in [7, 11) is -0.999. The van der Waals surface area contributed by atoms with Gasteiger partial charge in [0.25, 0.3) is 0 Å². The predicted molar refractivity (Wildman–Crippen MR) is 103 cm³/mol. The Kier molecular flexibility index (Phi) is 4.73. The highest BCUT2D eigenvalue weighted by molar-refractivity contribution is 7.84. The highest BCUT2D eigenvalue weighted by atomic mass is 32.2. The van der Waals surface area contributed by atoms with E-state index in [-0.39, 0.29) is 6.42 Å². The molecule has 1 atom stereocenters. The molecule has 2 aromatic carbocycles. The summed E-state index contributed by atoms with van der Waals surface area (Å²) in [5.41, 5.74) is 7.22. The number of rotatable bonds is 4. The molecule has 4 heteroatoms. The second-order valence-corrected chi connectivity index (χ2v) is 7.58. The lowest BCUT2D eigenvalue weighted by atomic mass is 9.94. The van der Waals surface area contributed by atoms with E-state index < -0.39 is 16.8 Å². The topological polar surface area (TPSA) is 54.4 Å². The highest BCUT2D eigenvalue weighted by Crippen LogP contribution is 2.45. The van der Waals surface area contributed by atoms with E-state index in [0.717, 1.165) is 43.9 Å². The van der Waals surface area contributed by atoms with Crippen LogP contribution in [0.4, 0.5) is 0 Å². The zero-order valence-electron chi connectivity index (χ0n) is 14.5. The smallest absolute Gasteiger partial charge is 0.307 e. The van der Waals surface area contributed by atoms with Gasteiger partial charge in [-0.15, -0.1) is 0 Å². The van der Waals surface area contributed by atoms with Gasteiger partial charge in [0.2, 0.25) is 0 Å². The summed E-state index contributed by atoms with van der Waals surface area (Å²) in [5.74, 6) is -0.821. The van der Waals surface area contributed by atoms with Gasteiger partial charge in [0, 0.05) is 22.0 Å². The first-order valence-electron chi connectivity index (χ1n) is 8.06. The van der Waals surface area contributed by atoms with E-state index in [9.17, 15) is 14.1 Å². The van der Waals surface area contributed by atoms with Gasteiger partial charge in [0.05, 0.1) is 6.42 Å². The minimum atomic E-state index is -0.999. The van der Waals surface area contributed by atoms with Gasteiger partial charge in [-0.2, -0.15) is 0 Å². The van der Waals surface area contributed by atoms with Crippen molar-refractivity contribution in [3.05, 3.63) is 70.8 Å². The zero-order chi connectivity index (χ0) is 18.1. The number of benzene rings is 2. The van der Waals surface area contributed by atoms with Crippen molar-refractivity contribution in [3.8, 4) is 0 Å². The number of carbonyl (C=O) groups is 1. The first-order chi connectivity index (χ1) is 11.9. The Labute approximate surface area is 150 Å². The maximum absolute atomic E-state index is 11.6. The van der Waals surface area contributed by atoms with Crippen LogP contribution in [0.3, 0.4) is 0 Å². The van der Waals surface area contributed by atoms with Crippen LogP contribution in [0.5, 0.6) is 0 Å². The van der Waals surface area contributed by atoms with Crippen molar-refractivity contribution in [2.24, 2.45) is 0 Å². The van der Waals surface area contributed by atoms with E-state index in [1.807, 2.05) is 55.5 Å². The van der Waals surface area contributed by atoms with E-state index in [1.165, 1.54) is 0 Å².